The van der Waals surface area contributed by atoms with Crippen molar-refractivity contribution in [3.8, 4) is 0 Å². The maximum atomic E-state index is 13.0. The maximum Gasteiger partial charge on any atom is 0.256 e. The van der Waals surface area contributed by atoms with Gasteiger partial charge in [-0.2, -0.15) is 5.10 Å². The summed E-state index contributed by atoms with van der Waals surface area (Å²) in [7, 11) is 0. The Morgan fingerprint density at radius 1 is 1.13 bits per heavy atom. The number of amides is 1. The van der Waals surface area contributed by atoms with Gasteiger partial charge in [-0.15, -0.1) is 0 Å². The molecule has 1 fully saturated rings. The van der Waals surface area contributed by atoms with Crippen molar-refractivity contribution >= 4 is 45.8 Å². The van der Waals surface area contributed by atoms with Crippen LogP contribution in [0.1, 0.15) is 42.4 Å². The number of nitrogens with zero attached hydrogens (tertiary/aromatic N) is 7. The normalized spacial score (nSPS) is 14.1. The molecule has 39 heavy (non-hydrogen) atoms. The number of carbonyl (C=O) groups excluding carboxylic acids is 1. The Bertz CT molecular complexity index is 1500. The topological polar surface area (TPSA) is 128 Å². The van der Waals surface area contributed by atoms with Crippen molar-refractivity contribution in [1.82, 2.24) is 35.0 Å². The second kappa shape index (κ2) is 11.2. The molecule has 3 aromatic heterocycles. The molecule has 4 aromatic rings. The minimum Gasteiger partial charge on any atom is -0.338 e. The number of hydrogen-bond donors (Lipinski definition) is 3. The van der Waals surface area contributed by atoms with Crippen molar-refractivity contribution in [2.75, 3.05) is 48.3 Å². The standard InChI is InChI=1S/C28H34N10O/c1-17(2)15-37-8-10-38(11-9-37)28-29-14-23-25(34-28)26(31-16-30-23)32-22-12-20(7-6-19(22)5)27(39)33-24-13-21(18(3)4)35-36-24/h6-7,12-14,16-17H,3,8-11,15H2,1-2,4-5H3,(H,30,31,32)(H2,33,35,36,39). The van der Waals surface area contributed by atoms with E-state index < -0.39 is 0 Å². The summed E-state index contributed by atoms with van der Waals surface area (Å²) in [5.41, 5.74) is 4.98. The molecule has 1 aromatic carbocycles. The van der Waals surface area contributed by atoms with Gasteiger partial charge in [-0.25, -0.2) is 19.9 Å². The fourth-order valence-corrected chi connectivity index (χ4v) is 4.56. The Labute approximate surface area is 227 Å². The molecular formula is C28H34N10O. The Balaban J connectivity index is 1.35. The monoisotopic (exact) mass is 526 g/mol. The number of allylic oxidation sites excluding steroid dienone is 1. The van der Waals surface area contributed by atoms with Crippen molar-refractivity contribution in [2.24, 2.45) is 5.92 Å². The van der Waals surface area contributed by atoms with Crippen LogP contribution in [0.3, 0.4) is 0 Å². The second-order valence-corrected chi connectivity index (χ2v) is 10.4. The fourth-order valence-electron chi connectivity index (χ4n) is 4.56. The third-order valence-corrected chi connectivity index (χ3v) is 6.66. The van der Waals surface area contributed by atoms with Crippen molar-refractivity contribution < 1.29 is 4.79 Å². The predicted octanol–water partition coefficient (Wildman–Crippen LogP) is 4.26. The molecule has 0 unspecified atom stereocenters. The van der Waals surface area contributed by atoms with Crippen molar-refractivity contribution in [2.45, 2.75) is 27.7 Å². The quantitative estimate of drug-likeness (QED) is 0.308. The molecule has 1 aliphatic rings. The lowest BCUT2D eigenvalue weighted by Gasteiger charge is -2.35. The van der Waals surface area contributed by atoms with Crippen LogP contribution in [0.2, 0.25) is 0 Å². The molecule has 0 bridgehead atoms. The van der Waals surface area contributed by atoms with E-state index in [1.807, 2.05) is 19.9 Å². The van der Waals surface area contributed by atoms with Crippen LogP contribution < -0.4 is 15.5 Å². The largest absolute Gasteiger partial charge is 0.338 e. The molecule has 0 atom stereocenters. The molecule has 1 aliphatic heterocycles. The molecule has 1 amide bonds. The van der Waals surface area contributed by atoms with Gasteiger partial charge in [0.25, 0.3) is 5.91 Å². The lowest BCUT2D eigenvalue weighted by atomic mass is 10.1. The molecular weight excluding hydrogens is 492 g/mol. The highest BCUT2D eigenvalue weighted by Crippen LogP contribution is 2.26. The molecule has 0 radical (unpaired) electrons. The van der Waals surface area contributed by atoms with Gasteiger partial charge < -0.3 is 15.5 Å². The van der Waals surface area contributed by atoms with Gasteiger partial charge in [-0.05, 0) is 43.0 Å². The van der Waals surface area contributed by atoms with Crippen molar-refractivity contribution in [3.63, 3.8) is 0 Å². The van der Waals surface area contributed by atoms with E-state index in [-0.39, 0.29) is 5.91 Å². The minimum atomic E-state index is -0.260. The Hall–Kier alpha value is -4.38. The molecule has 4 heterocycles. The highest BCUT2D eigenvalue weighted by Gasteiger charge is 2.21. The SMILES string of the molecule is C=C(C)c1cc(NC(=O)c2ccc(C)c(Nc3ncnc4cnc(N5CCN(CC(C)C)CC5)nc34)c2)[nH]n1. The van der Waals surface area contributed by atoms with Gasteiger partial charge in [0.1, 0.15) is 23.2 Å². The summed E-state index contributed by atoms with van der Waals surface area (Å²) < 4.78 is 0. The first-order valence-electron chi connectivity index (χ1n) is 13.1. The van der Waals surface area contributed by atoms with Crippen LogP contribution in [0.4, 0.5) is 23.3 Å². The summed E-state index contributed by atoms with van der Waals surface area (Å²) in [6.07, 6.45) is 3.23. The smallest absolute Gasteiger partial charge is 0.256 e. The number of aromatic amines is 1. The lowest BCUT2D eigenvalue weighted by Crippen LogP contribution is -2.48. The number of fused-ring (bicyclic) bond motifs is 1. The molecule has 0 saturated carbocycles. The Morgan fingerprint density at radius 2 is 1.92 bits per heavy atom. The average molecular weight is 527 g/mol. The highest BCUT2D eigenvalue weighted by atomic mass is 16.1. The zero-order chi connectivity index (χ0) is 27.5. The molecule has 11 heteroatoms. The van der Waals surface area contributed by atoms with E-state index in [0.29, 0.717) is 45.8 Å². The molecule has 11 nitrogen and oxygen atoms in total. The molecule has 0 spiro atoms. The first-order valence-corrected chi connectivity index (χ1v) is 13.1. The van der Waals surface area contributed by atoms with Crippen molar-refractivity contribution in [3.05, 3.63) is 60.2 Å². The number of aryl methyl sites for hydroxylation is 1. The summed E-state index contributed by atoms with van der Waals surface area (Å²) in [5, 5.41) is 13.2. The van der Waals surface area contributed by atoms with Gasteiger partial charge in [-0.1, -0.05) is 26.5 Å². The number of aromatic nitrogens is 6. The van der Waals surface area contributed by atoms with E-state index in [0.717, 1.165) is 49.5 Å². The van der Waals surface area contributed by atoms with Crippen LogP contribution >= 0.6 is 0 Å². The highest BCUT2D eigenvalue weighted by molar-refractivity contribution is 6.04. The minimum absolute atomic E-state index is 0.260. The van der Waals surface area contributed by atoms with Crippen LogP contribution in [0.5, 0.6) is 0 Å². The van der Waals surface area contributed by atoms with Gasteiger partial charge in [0, 0.05) is 50.0 Å². The summed E-state index contributed by atoms with van der Waals surface area (Å²) >= 11 is 0. The molecule has 1 saturated heterocycles. The number of nitrogens with one attached hydrogen (secondary N) is 3. The summed E-state index contributed by atoms with van der Waals surface area (Å²) in [6, 6.07) is 7.22. The first kappa shape index (κ1) is 26.2. The zero-order valence-electron chi connectivity index (χ0n) is 22.8. The number of anilines is 4. The fraction of sp³-hybridized carbons (Fsp3) is 0.357. The van der Waals surface area contributed by atoms with Crippen LogP contribution in [0, 0.1) is 12.8 Å². The molecule has 0 aliphatic carbocycles. The van der Waals surface area contributed by atoms with Crippen LogP contribution in [0.25, 0.3) is 16.6 Å². The Morgan fingerprint density at radius 3 is 2.64 bits per heavy atom. The van der Waals surface area contributed by atoms with E-state index >= 15 is 0 Å². The van der Waals surface area contributed by atoms with Gasteiger partial charge in [-0.3, -0.25) is 14.8 Å². The average Bonchev–Trinajstić information content (AvgIpc) is 3.39. The van der Waals surface area contributed by atoms with Crippen molar-refractivity contribution in [1.29, 1.82) is 0 Å². The van der Waals surface area contributed by atoms with Crippen LogP contribution in [0.15, 0.2) is 43.4 Å². The van der Waals surface area contributed by atoms with E-state index in [1.54, 1.807) is 24.4 Å². The van der Waals surface area contributed by atoms with Gasteiger partial charge in [0.05, 0.1) is 11.9 Å². The first-order chi connectivity index (χ1) is 18.8. The maximum absolute atomic E-state index is 13.0. The number of piperazine rings is 1. The van der Waals surface area contributed by atoms with Crippen LogP contribution in [-0.4, -0.2) is 73.7 Å². The van der Waals surface area contributed by atoms with Gasteiger partial charge in [0.15, 0.2) is 5.82 Å². The summed E-state index contributed by atoms with van der Waals surface area (Å²) in [5.74, 6) is 2.12. The third kappa shape index (κ3) is 6.04. The van der Waals surface area contributed by atoms with E-state index in [4.69, 9.17) is 4.98 Å². The van der Waals surface area contributed by atoms with Gasteiger partial charge in [0.2, 0.25) is 5.95 Å². The number of rotatable bonds is 8. The molecule has 3 N–H and O–H groups in total. The number of H-pyrrole nitrogens is 1. The lowest BCUT2D eigenvalue weighted by molar-refractivity contribution is 0.102. The number of carbonyl (C=O) groups is 1. The van der Waals surface area contributed by atoms with E-state index in [9.17, 15) is 4.79 Å². The number of benzene rings is 1. The number of hydrogen-bond acceptors (Lipinski definition) is 9. The zero-order valence-corrected chi connectivity index (χ0v) is 22.8. The van der Waals surface area contributed by atoms with Gasteiger partial charge >= 0.3 is 0 Å². The second-order valence-electron chi connectivity index (χ2n) is 10.4. The third-order valence-electron chi connectivity index (χ3n) is 6.66. The summed E-state index contributed by atoms with van der Waals surface area (Å²) in [6.45, 7) is 17.0. The molecule has 5 rings (SSSR count). The summed E-state index contributed by atoms with van der Waals surface area (Å²) in [4.78, 5) is 35.9. The predicted molar refractivity (Wildman–Crippen MR) is 154 cm³/mol. The Kier molecular flexibility index (Phi) is 7.51. The molecule has 202 valence electrons. The van der Waals surface area contributed by atoms with Crippen LogP contribution in [-0.2, 0) is 0 Å². The van der Waals surface area contributed by atoms with E-state index in [1.165, 1.54) is 6.33 Å². The van der Waals surface area contributed by atoms with E-state index in [2.05, 4.69) is 66.0 Å².